The van der Waals surface area contributed by atoms with Crippen molar-refractivity contribution in [3.8, 4) is 0 Å². The Hall–Kier alpha value is -0.300. The van der Waals surface area contributed by atoms with Crippen LogP contribution in [0.4, 0.5) is 0 Å². The third-order valence-corrected chi connectivity index (χ3v) is 4.43. The average Bonchev–Trinajstić information content (AvgIpc) is 2.57. The first-order valence-corrected chi connectivity index (χ1v) is 6.05. The molecule has 0 heterocycles. The predicted octanol–water partition coefficient (Wildman–Crippen LogP) is 3.00. The minimum atomic E-state index is -0.0128. The summed E-state index contributed by atoms with van der Waals surface area (Å²) in [6.07, 6.45) is 9.34. The zero-order valence-corrected chi connectivity index (χ0v) is 9.32. The average molecular weight is 194 g/mol. The number of allylic oxidation sites excluding steroid dienone is 2. The van der Waals surface area contributed by atoms with Crippen LogP contribution >= 0.6 is 0 Å². The predicted molar refractivity (Wildman–Crippen MR) is 58.9 cm³/mol. The summed E-state index contributed by atoms with van der Waals surface area (Å²) in [5, 5.41) is 9.92. The van der Waals surface area contributed by atoms with Gasteiger partial charge in [0.05, 0.1) is 6.10 Å². The lowest BCUT2D eigenvalue weighted by atomic mass is 9.70. The van der Waals surface area contributed by atoms with Crippen LogP contribution in [0.25, 0.3) is 0 Å². The molecule has 0 aromatic carbocycles. The summed E-state index contributed by atoms with van der Waals surface area (Å²) in [5.74, 6) is 2.75. The topological polar surface area (TPSA) is 20.2 Å². The molecule has 0 aliphatic heterocycles. The number of hydrogen-bond donors (Lipinski definition) is 1. The SMILES string of the molecule is CC1C=CCC(C2CCCC2O)C1C. The van der Waals surface area contributed by atoms with Crippen molar-refractivity contribution < 1.29 is 5.11 Å². The summed E-state index contributed by atoms with van der Waals surface area (Å²) < 4.78 is 0. The van der Waals surface area contributed by atoms with Gasteiger partial charge in [0.15, 0.2) is 0 Å². The van der Waals surface area contributed by atoms with Crippen molar-refractivity contribution >= 4 is 0 Å². The van der Waals surface area contributed by atoms with Crippen molar-refractivity contribution in [1.82, 2.24) is 0 Å². The summed E-state index contributed by atoms with van der Waals surface area (Å²) in [5.41, 5.74) is 0. The van der Waals surface area contributed by atoms with Gasteiger partial charge in [-0.1, -0.05) is 32.4 Å². The van der Waals surface area contributed by atoms with Crippen LogP contribution in [0.1, 0.15) is 39.5 Å². The van der Waals surface area contributed by atoms with E-state index in [1.807, 2.05) is 0 Å². The Morgan fingerprint density at radius 2 is 1.93 bits per heavy atom. The van der Waals surface area contributed by atoms with Crippen molar-refractivity contribution in [2.45, 2.75) is 45.6 Å². The molecule has 1 nitrogen and oxygen atoms in total. The Morgan fingerprint density at radius 1 is 1.14 bits per heavy atom. The molecule has 2 aliphatic rings. The van der Waals surface area contributed by atoms with Gasteiger partial charge in [-0.05, 0) is 42.9 Å². The van der Waals surface area contributed by atoms with Gasteiger partial charge in [-0.2, -0.15) is 0 Å². The van der Waals surface area contributed by atoms with Crippen LogP contribution in [0, 0.1) is 23.7 Å². The highest BCUT2D eigenvalue weighted by molar-refractivity contribution is 5.01. The van der Waals surface area contributed by atoms with Crippen LogP contribution in [0.2, 0.25) is 0 Å². The van der Waals surface area contributed by atoms with Gasteiger partial charge in [-0.15, -0.1) is 0 Å². The maximum absolute atomic E-state index is 9.92. The molecule has 2 rings (SSSR count). The molecule has 0 amide bonds. The molecule has 80 valence electrons. The molecular formula is C13H22O. The van der Waals surface area contributed by atoms with E-state index in [4.69, 9.17) is 0 Å². The molecule has 0 aromatic rings. The molecular weight excluding hydrogens is 172 g/mol. The summed E-state index contributed by atoms with van der Waals surface area (Å²) >= 11 is 0. The Balaban J connectivity index is 2.06. The van der Waals surface area contributed by atoms with E-state index in [0.717, 1.165) is 18.3 Å². The minimum absolute atomic E-state index is 0.0128. The summed E-state index contributed by atoms with van der Waals surface area (Å²) in [4.78, 5) is 0. The molecule has 0 saturated heterocycles. The second-order valence-corrected chi connectivity index (χ2v) is 5.21. The molecule has 1 fully saturated rings. The van der Waals surface area contributed by atoms with Crippen LogP contribution in [0.15, 0.2) is 12.2 Å². The number of aliphatic hydroxyl groups is 1. The minimum Gasteiger partial charge on any atom is -0.393 e. The first kappa shape index (κ1) is 10.2. The van der Waals surface area contributed by atoms with E-state index in [1.165, 1.54) is 19.3 Å². The second-order valence-electron chi connectivity index (χ2n) is 5.21. The van der Waals surface area contributed by atoms with E-state index in [9.17, 15) is 5.11 Å². The summed E-state index contributed by atoms with van der Waals surface area (Å²) in [6.45, 7) is 4.65. The standard InChI is InChI=1S/C13H22O/c1-9-5-3-6-11(10(9)2)12-7-4-8-13(12)14/h3,5,9-14H,4,6-8H2,1-2H3. The van der Waals surface area contributed by atoms with E-state index < -0.39 is 0 Å². The molecule has 5 unspecified atom stereocenters. The molecule has 5 atom stereocenters. The van der Waals surface area contributed by atoms with E-state index in [1.54, 1.807) is 0 Å². The Morgan fingerprint density at radius 3 is 2.57 bits per heavy atom. The Labute approximate surface area is 87.2 Å². The van der Waals surface area contributed by atoms with Crippen molar-refractivity contribution in [2.75, 3.05) is 0 Å². The van der Waals surface area contributed by atoms with E-state index in [2.05, 4.69) is 26.0 Å². The largest absolute Gasteiger partial charge is 0.393 e. The number of hydrogen-bond acceptors (Lipinski definition) is 1. The lowest BCUT2D eigenvalue weighted by molar-refractivity contribution is 0.0676. The van der Waals surface area contributed by atoms with Crippen molar-refractivity contribution in [3.63, 3.8) is 0 Å². The summed E-state index contributed by atoms with van der Waals surface area (Å²) in [7, 11) is 0. The van der Waals surface area contributed by atoms with Crippen molar-refractivity contribution in [1.29, 1.82) is 0 Å². The highest BCUT2D eigenvalue weighted by atomic mass is 16.3. The maximum Gasteiger partial charge on any atom is 0.0571 e. The zero-order valence-electron chi connectivity index (χ0n) is 9.32. The molecule has 0 bridgehead atoms. The lowest BCUT2D eigenvalue weighted by Gasteiger charge is -2.36. The first-order chi connectivity index (χ1) is 6.70. The van der Waals surface area contributed by atoms with Gasteiger partial charge in [-0.3, -0.25) is 0 Å². The molecule has 2 aliphatic carbocycles. The molecule has 1 heteroatoms. The van der Waals surface area contributed by atoms with Gasteiger partial charge >= 0.3 is 0 Å². The fourth-order valence-electron chi connectivity index (χ4n) is 3.26. The van der Waals surface area contributed by atoms with Gasteiger partial charge in [-0.25, -0.2) is 0 Å². The highest BCUT2D eigenvalue weighted by Crippen LogP contribution is 2.42. The second kappa shape index (κ2) is 4.06. The van der Waals surface area contributed by atoms with Crippen molar-refractivity contribution in [3.05, 3.63) is 12.2 Å². The normalized spacial score (nSPS) is 48.4. The quantitative estimate of drug-likeness (QED) is 0.636. The van der Waals surface area contributed by atoms with Crippen molar-refractivity contribution in [2.24, 2.45) is 23.7 Å². The van der Waals surface area contributed by atoms with E-state index in [0.29, 0.717) is 11.8 Å². The van der Waals surface area contributed by atoms with Gasteiger partial charge in [0.1, 0.15) is 0 Å². The van der Waals surface area contributed by atoms with E-state index >= 15 is 0 Å². The third-order valence-electron chi connectivity index (χ3n) is 4.43. The van der Waals surface area contributed by atoms with Crippen LogP contribution in [0.3, 0.4) is 0 Å². The highest BCUT2D eigenvalue weighted by Gasteiger charge is 2.36. The Bertz CT molecular complexity index is 221. The van der Waals surface area contributed by atoms with Gasteiger partial charge in [0.2, 0.25) is 0 Å². The number of aliphatic hydroxyl groups excluding tert-OH is 1. The van der Waals surface area contributed by atoms with Crippen LogP contribution in [0.5, 0.6) is 0 Å². The van der Waals surface area contributed by atoms with Crippen LogP contribution in [-0.4, -0.2) is 11.2 Å². The van der Waals surface area contributed by atoms with Gasteiger partial charge < -0.3 is 5.11 Å². The maximum atomic E-state index is 9.92. The Kier molecular flexibility index (Phi) is 2.96. The first-order valence-electron chi connectivity index (χ1n) is 6.05. The van der Waals surface area contributed by atoms with Crippen LogP contribution in [-0.2, 0) is 0 Å². The smallest absolute Gasteiger partial charge is 0.0571 e. The van der Waals surface area contributed by atoms with Gasteiger partial charge in [0.25, 0.3) is 0 Å². The fraction of sp³-hybridized carbons (Fsp3) is 0.846. The molecule has 0 radical (unpaired) electrons. The zero-order chi connectivity index (χ0) is 10.1. The molecule has 1 N–H and O–H groups in total. The molecule has 1 saturated carbocycles. The monoisotopic (exact) mass is 194 g/mol. The molecule has 14 heavy (non-hydrogen) atoms. The molecule has 0 spiro atoms. The third kappa shape index (κ3) is 1.75. The fourth-order valence-corrected chi connectivity index (χ4v) is 3.26. The summed E-state index contributed by atoms with van der Waals surface area (Å²) in [6, 6.07) is 0. The van der Waals surface area contributed by atoms with Gasteiger partial charge in [0, 0.05) is 0 Å². The lowest BCUT2D eigenvalue weighted by Crippen LogP contribution is -2.31. The number of rotatable bonds is 1. The van der Waals surface area contributed by atoms with E-state index in [-0.39, 0.29) is 6.10 Å². The van der Waals surface area contributed by atoms with Crippen LogP contribution < -0.4 is 0 Å². The molecule has 0 aromatic heterocycles.